The molecule has 1 aromatic heterocycles. The predicted octanol–water partition coefficient (Wildman–Crippen LogP) is 7.23. The number of aromatic nitrogens is 1. The van der Waals surface area contributed by atoms with Gasteiger partial charge < -0.3 is 0 Å². The van der Waals surface area contributed by atoms with E-state index in [9.17, 15) is 0 Å². The molecule has 0 aliphatic carbocycles. The van der Waals surface area contributed by atoms with Gasteiger partial charge in [-0.05, 0) is 35.4 Å². The molecule has 0 N–H and O–H groups in total. The van der Waals surface area contributed by atoms with E-state index >= 15 is 0 Å². The van der Waals surface area contributed by atoms with Crippen LogP contribution in [0.4, 0.5) is 0 Å². The van der Waals surface area contributed by atoms with Crippen molar-refractivity contribution in [1.29, 1.82) is 0 Å². The van der Waals surface area contributed by atoms with Gasteiger partial charge in [0.05, 0.1) is 11.2 Å². The fourth-order valence-electron chi connectivity index (χ4n) is 4.49. The smallest absolute Gasteiger partial charge is 0.0792 e. The van der Waals surface area contributed by atoms with Gasteiger partial charge in [-0.15, -0.1) is 12.4 Å². The molecule has 174 valence electrons. The molecule has 0 saturated carbocycles. The van der Waals surface area contributed by atoms with Crippen LogP contribution in [0.2, 0.25) is 0 Å². The molecule has 0 saturated heterocycles. The van der Waals surface area contributed by atoms with Crippen molar-refractivity contribution < 1.29 is 16.5 Å². The second-order valence-electron chi connectivity index (χ2n) is 8.08. The summed E-state index contributed by atoms with van der Waals surface area (Å²) in [6.45, 7) is 0. The summed E-state index contributed by atoms with van der Waals surface area (Å²) in [6.07, 6.45) is 0. The van der Waals surface area contributed by atoms with Crippen molar-refractivity contribution >= 4 is 57.9 Å². The molecular weight excluding hydrogens is 511 g/mol. The van der Waals surface area contributed by atoms with Crippen molar-refractivity contribution in [2.75, 3.05) is 0 Å². The summed E-state index contributed by atoms with van der Waals surface area (Å²) in [5.74, 6) is 0. The Morgan fingerprint density at radius 1 is 0.486 bits per heavy atom. The first kappa shape index (κ1) is 25.1. The SMILES string of the molecule is Cl.[Ni].c1ccc(P(c2ccccc2)c2cccc3ccc(-c4cccc5ccccc45)nc23)cc1. The van der Waals surface area contributed by atoms with E-state index in [0.29, 0.717) is 0 Å². The topological polar surface area (TPSA) is 12.9 Å². The maximum atomic E-state index is 5.28. The molecule has 6 rings (SSSR count). The molecule has 1 heterocycles. The van der Waals surface area contributed by atoms with Gasteiger partial charge in [-0.2, -0.15) is 0 Å². The average molecular weight is 535 g/mol. The van der Waals surface area contributed by atoms with Crippen molar-refractivity contribution in [2.45, 2.75) is 0 Å². The summed E-state index contributed by atoms with van der Waals surface area (Å²) in [6, 6.07) is 47.6. The quantitative estimate of drug-likeness (QED) is 0.172. The Morgan fingerprint density at radius 2 is 1.06 bits per heavy atom. The van der Waals surface area contributed by atoms with Gasteiger partial charge in [0, 0.05) is 32.7 Å². The average Bonchev–Trinajstić information content (AvgIpc) is 2.90. The normalized spacial score (nSPS) is 10.7. The van der Waals surface area contributed by atoms with E-state index in [1.165, 1.54) is 37.6 Å². The largest absolute Gasteiger partial charge is 0.247 e. The Kier molecular flexibility index (Phi) is 7.99. The van der Waals surface area contributed by atoms with Crippen LogP contribution in [0.25, 0.3) is 32.9 Å². The number of rotatable bonds is 4. The van der Waals surface area contributed by atoms with Gasteiger partial charge in [-0.1, -0.05) is 127 Å². The number of benzene rings is 5. The Balaban J connectivity index is 0.00000144. The van der Waals surface area contributed by atoms with Crippen LogP contribution in [0.5, 0.6) is 0 Å². The number of fused-ring (bicyclic) bond motifs is 2. The second kappa shape index (κ2) is 11.1. The zero-order valence-corrected chi connectivity index (χ0v) is 21.5. The molecule has 6 aromatic rings. The van der Waals surface area contributed by atoms with Gasteiger partial charge in [0.25, 0.3) is 0 Å². The van der Waals surface area contributed by atoms with Gasteiger partial charge in [-0.3, -0.25) is 0 Å². The third-order valence-electron chi connectivity index (χ3n) is 6.03. The van der Waals surface area contributed by atoms with Crippen LogP contribution in [0.3, 0.4) is 0 Å². The zero-order valence-electron chi connectivity index (χ0n) is 18.8. The maximum Gasteiger partial charge on any atom is 0.0792 e. The summed E-state index contributed by atoms with van der Waals surface area (Å²) >= 11 is 0. The van der Waals surface area contributed by atoms with E-state index in [2.05, 4.69) is 133 Å². The number of hydrogen-bond acceptors (Lipinski definition) is 1. The standard InChI is InChI=1S/C31H22NP.ClH.Ni/c1-3-14-25(15-4-1)33(26-16-5-2-6-17-26)30-20-10-13-24-21-22-29(32-31(24)30)28-19-9-12-23-11-7-8-18-27(23)28;;/h1-22H;1H;. The maximum absolute atomic E-state index is 5.28. The first-order chi connectivity index (χ1) is 16.4. The van der Waals surface area contributed by atoms with Crippen LogP contribution in [-0.2, 0) is 16.5 Å². The molecular formula is C31H23ClNNiP. The number of pyridine rings is 1. The van der Waals surface area contributed by atoms with Crippen LogP contribution in [0.15, 0.2) is 133 Å². The van der Waals surface area contributed by atoms with E-state index < -0.39 is 7.92 Å². The molecule has 35 heavy (non-hydrogen) atoms. The first-order valence-corrected chi connectivity index (χ1v) is 12.5. The predicted molar refractivity (Wildman–Crippen MR) is 151 cm³/mol. The van der Waals surface area contributed by atoms with E-state index in [1.54, 1.807) is 0 Å². The van der Waals surface area contributed by atoms with Crippen molar-refractivity contribution in [3.8, 4) is 11.3 Å². The van der Waals surface area contributed by atoms with Crippen molar-refractivity contribution in [3.05, 3.63) is 133 Å². The Labute approximate surface area is 223 Å². The molecule has 4 heteroatoms. The van der Waals surface area contributed by atoms with Crippen molar-refractivity contribution in [3.63, 3.8) is 0 Å². The fourth-order valence-corrected chi connectivity index (χ4v) is 6.91. The van der Waals surface area contributed by atoms with Crippen LogP contribution >= 0.6 is 20.3 Å². The minimum Gasteiger partial charge on any atom is -0.247 e. The van der Waals surface area contributed by atoms with Crippen LogP contribution in [-0.4, -0.2) is 4.98 Å². The molecule has 0 aliphatic rings. The van der Waals surface area contributed by atoms with E-state index in [1.807, 2.05) is 0 Å². The second-order valence-corrected chi connectivity index (χ2v) is 10.3. The Bertz CT molecular complexity index is 1530. The van der Waals surface area contributed by atoms with E-state index in [0.717, 1.165) is 11.2 Å². The fraction of sp³-hybridized carbons (Fsp3) is 0. The molecule has 0 radical (unpaired) electrons. The van der Waals surface area contributed by atoms with E-state index in [4.69, 9.17) is 4.98 Å². The van der Waals surface area contributed by atoms with Gasteiger partial charge >= 0.3 is 0 Å². The minimum atomic E-state index is -0.724. The number of hydrogen-bond donors (Lipinski definition) is 0. The summed E-state index contributed by atoms with van der Waals surface area (Å²) in [5.41, 5.74) is 3.28. The molecule has 0 fully saturated rings. The summed E-state index contributed by atoms with van der Waals surface area (Å²) in [5, 5.41) is 7.61. The van der Waals surface area contributed by atoms with Gasteiger partial charge in [-0.25, -0.2) is 4.98 Å². The summed E-state index contributed by atoms with van der Waals surface area (Å²) < 4.78 is 0. The molecule has 0 amide bonds. The summed E-state index contributed by atoms with van der Waals surface area (Å²) in [4.78, 5) is 5.28. The third-order valence-corrected chi connectivity index (χ3v) is 8.51. The first-order valence-electron chi connectivity index (χ1n) is 11.2. The minimum absolute atomic E-state index is 0. The molecule has 0 unspecified atom stereocenters. The van der Waals surface area contributed by atoms with Crippen molar-refractivity contribution in [2.24, 2.45) is 0 Å². The van der Waals surface area contributed by atoms with Crippen LogP contribution in [0.1, 0.15) is 0 Å². The molecule has 0 aliphatic heterocycles. The number of para-hydroxylation sites is 1. The molecule has 0 atom stereocenters. The number of halogens is 1. The molecule has 0 spiro atoms. The Hall–Kier alpha value is -3.02. The van der Waals surface area contributed by atoms with Crippen molar-refractivity contribution in [1.82, 2.24) is 4.98 Å². The van der Waals surface area contributed by atoms with Gasteiger partial charge in [0.15, 0.2) is 0 Å². The molecule has 0 bridgehead atoms. The monoisotopic (exact) mass is 533 g/mol. The molecule has 5 aromatic carbocycles. The van der Waals surface area contributed by atoms with Gasteiger partial charge in [0.2, 0.25) is 0 Å². The Morgan fingerprint density at radius 3 is 1.77 bits per heavy atom. The van der Waals surface area contributed by atoms with Crippen LogP contribution in [0, 0.1) is 0 Å². The summed E-state index contributed by atoms with van der Waals surface area (Å²) in [7, 11) is -0.724. The molecule has 1 nitrogen and oxygen atoms in total. The van der Waals surface area contributed by atoms with Crippen LogP contribution < -0.4 is 15.9 Å². The van der Waals surface area contributed by atoms with E-state index in [-0.39, 0.29) is 28.9 Å². The number of nitrogens with zero attached hydrogens (tertiary/aromatic N) is 1. The third kappa shape index (κ3) is 4.89. The van der Waals surface area contributed by atoms with Gasteiger partial charge in [0.1, 0.15) is 0 Å². The zero-order chi connectivity index (χ0) is 22.0.